The Balaban J connectivity index is 2.18. The van der Waals surface area contributed by atoms with Crippen LogP contribution in [0.4, 0.5) is 0 Å². The molecule has 0 atom stereocenters. The smallest absolute Gasteiger partial charge is 0.347 e. The summed E-state index contributed by atoms with van der Waals surface area (Å²) in [6.07, 6.45) is 0. The fourth-order valence-electron chi connectivity index (χ4n) is 1.83. The SMILES string of the molecule is COC(=O)c1c(OCc2ccccc2)noc1CN(C)C. The number of aromatic nitrogens is 1. The molecule has 6 heteroatoms. The quantitative estimate of drug-likeness (QED) is 0.759. The molecule has 0 saturated heterocycles. The lowest BCUT2D eigenvalue weighted by atomic mass is 10.2. The molecule has 0 amide bonds. The van der Waals surface area contributed by atoms with Crippen LogP contribution in [0.5, 0.6) is 5.88 Å². The number of ether oxygens (including phenoxy) is 2. The summed E-state index contributed by atoms with van der Waals surface area (Å²) in [5, 5.41) is 3.83. The maximum Gasteiger partial charge on any atom is 0.347 e. The van der Waals surface area contributed by atoms with Gasteiger partial charge < -0.3 is 18.9 Å². The predicted octanol–water partition coefficient (Wildman–Crippen LogP) is 2.10. The molecule has 0 aliphatic heterocycles. The van der Waals surface area contributed by atoms with Crippen LogP contribution in [0.2, 0.25) is 0 Å². The van der Waals surface area contributed by atoms with Gasteiger partial charge >= 0.3 is 5.97 Å². The van der Waals surface area contributed by atoms with E-state index in [-0.39, 0.29) is 11.4 Å². The van der Waals surface area contributed by atoms with Crippen LogP contribution in [0.25, 0.3) is 0 Å². The second kappa shape index (κ2) is 6.90. The first kappa shape index (κ1) is 15.1. The number of carbonyl (C=O) groups is 1. The van der Waals surface area contributed by atoms with Gasteiger partial charge in [-0.3, -0.25) is 0 Å². The zero-order valence-corrected chi connectivity index (χ0v) is 12.3. The Labute approximate surface area is 123 Å². The minimum absolute atomic E-state index is 0.155. The Kier molecular flexibility index (Phi) is 4.94. The maximum atomic E-state index is 11.9. The van der Waals surface area contributed by atoms with E-state index in [1.165, 1.54) is 7.11 Å². The summed E-state index contributed by atoms with van der Waals surface area (Å²) >= 11 is 0. The molecular formula is C15H18N2O4. The Bertz CT molecular complexity index is 593. The first-order chi connectivity index (χ1) is 10.1. The van der Waals surface area contributed by atoms with Crippen molar-refractivity contribution in [2.24, 2.45) is 0 Å². The summed E-state index contributed by atoms with van der Waals surface area (Å²) in [6, 6.07) is 9.62. The fourth-order valence-corrected chi connectivity index (χ4v) is 1.83. The molecule has 2 rings (SSSR count). The zero-order chi connectivity index (χ0) is 15.2. The van der Waals surface area contributed by atoms with Crippen LogP contribution in [0.3, 0.4) is 0 Å². The molecule has 0 aliphatic rings. The normalized spacial score (nSPS) is 10.7. The second-order valence-electron chi connectivity index (χ2n) is 4.79. The molecule has 1 heterocycles. The molecule has 0 spiro atoms. The third-order valence-corrected chi connectivity index (χ3v) is 2.80. The van der Waals surface area contributed by atoms with Gasteiger partial charge in [0.2, 0.25) is 0 Å². The summed E-state index contributed by atoms with van der Waals surface area (Å²) in [5.41, 5.74) is 1.22. The Morgan fingerprint density at radius 2 is 2.00 bits per heavy atom. The molecule has 0 radical (unpaired) electrons. The molecule has 0 bridgehead atoms. The first-order valence-corrected chi connectivity index (χ1v) is 6.50. The number of hydrogen-bond donors (Lipinski definition) is 0. The van der Waals surface area contributed by atoms with E-state index < -0.39 is 5.97 Å². The highest BCUT2D eigenvalue weighted by molar-refractivity contribution is 5.92. The van der Waals surface area contributed by atoms with Crippen LogP contribution in [0, 0.1) is 0 Å². The minimum atomic E-state index is -0.517. The van der Waals surface area contributed by atoms with Crippen molar-refractivity contribution in [3.63, 3.8) is 0 Å². The van der Waals surface area contributed by atoms with E-state index >= 15 is 0 Å². The monoisotopic (exact) mass is 290 g/mol. The second-order valence-corrected chi connectivity index (χ2v) is 4.79. The lowest BCUT2D eigenvalue weighted by Gasteiger charge is -2.08. The van der Waals surface area contributed by atoms with Crippen molar-refractivity contribution in [1.29, 1.82) is 0 Å². The number of methoxy groups -OCH3 is 1. The minimum Gasteiger partial charge on any atom is -0.470 e. The summed E-state index contributed by atoms with van der Waals surface area (Å²) in [7, 11) is 5.05. The van der Waals surface area contributed by atoms with Gasteiger partial charge in [0.25, 0.3) is 5.88 Å². The molecule has 0 fully saturated rings. The highest BCUT2D eigenvalue weighted by Crippen LogP contribution is 2.24. The van der Waals surface area contributed by atoms with E-state index in [1.54, 1.807) is 0 Å². The van der Waals surface area contributed by atoms with Gasteiger partial charge in [-0.1, -0.05) is 30.3 Å². The van der Waals surface area contributed by atoms with Crippen molar-refractivity contribution >= 4 is 5.97 Å². The van der Waals surface area contributed by atoms with Crippen molar-refractivity contribution in [3.05, 3.63) is 47.2 Å². The van der Waals surface area contributed by atoms with Crippen LogP contribution >= 0.6 is 0 Å². The summed E-state index contributed by atoms with van der Waals surface area (Å²) in [6.45, 7) is 0.741. The van der Waals surface area contributed by atoms with Crippen molar-refractivity contribution in [2.75, 3.05) is 21.2 Å². The largest absolute Gasteiger partial charge is 0.470 e. The van der Waals surface area contributed by atoms with Crippen LogP contribution in [-0.2, 0) is 17.9 Å². The standard InChI is InChI=1S/C15H18N2O4/c1-17(2)9-12-13(15(18)19-3)14(16-21-12)20-10-11-7-5-4-6-8-11/h4-8H,9-10H2,1-3H3. The summed E-state index contributed by atoms with van der Waals surface area (Å²) in [5.74, 6) is 0.0635. The highest BCUT2D eigenvalue weighted by atomic mass is 16.6. The average molecular weight is 290 g/mol. The molecular weight excluding hydrogens is 272 g/mol. The Hall–Kier alpha value is -2.34. The van der Waals surface area contributed by atoms with E-state index in [2.05, 4.69) is 5.16 Å². The molecule has 21 heavy (non-hydrogen) atoms. The molecule has 0 unspecified atom stereocenters. The van der Waals surface area contributed by atoms with E-state index in [0.29, 0.717) is 18.9 Å². The molecule has 6 nitrogen and oxygen atoms in total. The number of hydrogen-bond acceptors (Lipinski definition) is 6. The third kappa shape index (κ3) is 3.82. The summed E-state index contributed by atoms with van der Waals surface area (Å²) < 4.78 is 15.6. The average Bonchev–Trinajstić information content (AvgIpc) is 2.87. The molecule has 112 valence electrons. The molecule has 1 aromatic carbocycles. The van der Waals surface area contributed by atoms with Crippen molar-refractivity contribution in [1.82, 2.24) is 10.1 Å². The third-order valence-electron chi connectivity index (χ3n) is 2.80. The van der Waals surface area contributed by atoms with Gasteiger partial charge in [0.1, 0.15) is 6.61 Å². The lowest BCUT2D eigenvalue weighted by Crippen LogP contribution is -2.14. The molecule has 1 aromatic heterocycles. The molecule has 0 N–H and O–H groups in total. The first-order valence-electron chi connectivity index (χ1n) is 6.50. The van der Waals surface area contributed by atoms with Crippen LogP contribution in [-0.4, -0.2) is 37.2 Å². The topological polar surface area (TPSA) is 64.8 Å². The molecule has 0 aliphatic carbocycles. The van der Waals surface area contributed by atoms with E-state index in [0.717, 1.165) is 5.56 Å². The van der Waals surface area contributed by atoms with E-state index in [9.17, 15) is 4.79 Å². The molecule has 2 aromatic rings. The van der Waals surface area contributed by atoms with Crippen molar-refractivity contribution in [3.8, 4) is 5.88 Å². The maximum absolute atomic E-state index is 11.9. The van der Waals surface area contributed by atoms with Crippen molar-refractivity contribution in [2.45, 2.75) is 13.2 Å². The van der Waals surface area contributed by atoms with Gasteiger partial charge in [0.05, 0.1) is 13.7 Å². The Morgan fingerprint density at radius 1 is 1.29 bits per heavy atom. The van der Waals surface area contributed by atoms with Crippen molar-refractivity contribution < 1.29 is 18.8 Å². The summed E-state index contributed by atoms with van der Waals surface area (Å²) in [4.78, 5) is 13.8. The van der Waals surface area contributed by atoms with Gasteiger partial charge in [-0.25, -0.2) is 4.79 Å². The van der Waals surface area contributed by atoms with Gasteiger partial charge in [-0.2, -0.15) is 0 Å². The highest BCUT2D eigenvalue weighted by Gasteiger charge is 2.25. The van der Waals surface area contributed by atoms with Gasteiger partial charge in [-0.05, 0) is 24.8 Å². The van der Waals surface area contributed by atoms with E-state index in [1.807, 2.05) is 49.3 Å². The molecule has 0 saturated carbocycles. The number of benzene rings is 1. The van der Waals surface area contributed by atoms with Gasteiger partial charge in [0.15, 0.2) is 11.3 Å². The number of rotatable bonds is 6. The van der Waals surface area contributed by atoms with E-state index in [4.69, 9.17) is 14.0 Å². The number of nitrogens with zero attached hydrogens (tertiary/aromatic N) is 2. The fraction of sp³-hybridized carbons (Fsp3) is 0.333. The van der Waals surface area contributed by atoms with Gasteiger partial charge in [-0.15, -0.1) is 0 Å². The van der Waals surface area contributed by atoms with Crippen LogP contribution in [0.1, 0.15) is 21.7 Å². The van der Waals surface area contributed by atoms with Crippen LogP contribution in [0.15, 0.2) is 34.9 Å². The number of carbonyl (C=O) groups excluding carboxylic acids is 1. The van der Waals surface area contributed by atoms with Crippen LogP contribution < -0.4 is 4.74 Å². The number of esters is 1. The van der Waals surface area contributed by atoms with Gasteiger partial charge in [0, 0.05) is 0 Å². The predicted molar refractivity (Wildman–Crippen MR) is 76.0 cm³/mol. The Morgan fingerprint density at radius 3 is 2.62 bits per heavy atom. The zero-order valence-electron chi connectivity index (χ0n) is 12.3. The lowest BCUT2D eigenvalue weighted by molar-refractivity contribution is 0.0592.